The molecule has 1 unspecified atom stereocenters. The van der Waals surface area contributed by atoms with E-state index in [1.54, 1.807) is 0 Å². The highest BCUT2D eigenvalue weighted by Gasteiger charge is 2.21. The number of rotatable bonds is 8. The number of nitrogens with one attached hydrogen (secondary N) is 1. The normalized spacial score (nSPS) is 13.2. The molecule has 1 aromatic heterocycles. The minimum Gasteiger partial charge on any atom is -0.309 e. The van der Waals surface area contributed by atoms with Crippen molar-refractivity contribution in [3.63, 3.8) is 0 Å². The van der Waals surface area contributed by atoms with Gasteiger partial charge in [-0.2, -0.15) is 5.10 Å². The molecule has 1 N–H and O–H groups in total. The van der Waals surface area contributed by atoms with E-state index in [9.17, 15) is 0 Å². The Labute approximate surface area is 128 Å². The summed E-state index contributed by atoms with van der Waals surface area (Å²) in [7, 11) is 2.04. The summed E-state index contributed by atoms with van der Waals surface area (Å²) in [5.41, 5.74) is 2.44. The summed E-state index contributed by atoms with van der Waals surface area (Å²) in [5.74, 6) is 0.764. The molecule has 0 saturated heterocycles. The van der Waals surface area contributed by atoms with Gasteiger partial charge in [-0.05, 0) is 31.4 Å². The highest BCUT2D eigenvalue weighted by molar-refractivity contribution is 5.82. The smallest absolute Gasteiger partial charge is 0.0872 e. The molecule has 0 aliphatic heterocycles. The molecule has 1 atom stereocenters. The van der Waals surface area contributed by atoms with Crippen LogP contribution in [-0.4, -0.2) is 16.3 Å². The zero-order valence-corrected chi connectivity index (χ0v) is 13.9. The van der Waals surface area contributed by atoms with Crippen molar-refractivity contribution in [1.29, 1.82) is 0 Å². The van der Waals surface area contributed by atoms with Crippen LogP contribution in [0.4, 0.5) is 0 Å². The van der Waals surface area contributed by atoms with E-state index in [0.29, 0.717) is 6.04 Å². The Morgan fingerprint density at radius 3 is 2.52 bits per heavy atom. The molecular formula is C18H29N3. The third kappa shape index (κ3) is 3.65. The number of aromatic nitrogens is 2. The van der Waals surface area contributed by atoms with Crippen molar-refractivity contribution >= 4 is 10.9 Å². The maximum atomic E-state index is 4.82. The fourth-order valence-corrected chi connectivity index (χ4v) is 3.06. The first-order valence-electron chi connectivity index (χ1n) is 8.36. The average Bonchev–Trinajstić information content (AvgIpc) is 2.85. The molecule has 3 nitrogen and oxygen atoms in total. The number of aryl methyl sites for hydroxylation is 1. The van der Waals surface area contributed by atoms with Gasteiger partial charge in [0.2, 0.25) is 0 Å². The minimum atomic E-state index is 0.362. The van der Waals surface area contributed by atoms with Crippen LogP contribution in [-0.2, 0) is 7.05 Å². The Hall–Kier alpha value is -1.35. The highest BCUT2D eigenvalue weighted by Crippen LogP contribution is 2.29. The lowest BCUT2D eigenvalue weighted by Gasteiger charge is -2.22. The first-order valence-corrected chi connectivity index (χ1v) is 8.36. The summed E-state index contributed by atoms with van der Waals surface area (Å²) in [4.78, 5) is 0. The zero-order chi connectivity index (χ0) is 15.2. The topological polar surface area (TPSA) is 29.9 Å². The van der Waals surface area contributed by atoms with Crippen LogP contribution in [0.3, 0.4) is 0 Å². The number of fused-ring (bicyclic) bond motifs is 1. The van der Waals surface area contributed by atoms with E-state index in [1.807, 2.05) is 11.7 Å². The number of benzene rings is 1. The van der Waals surface area contributed by atoms with Crippen LogP contribution < -0.4 is 5.32 Å². The molecule has 2 rings (SSSR count). The fourth-order valence-electron chi connectivity index (χ4n) is 3.06. The van der Waals surface area contributed by atoms with Crippen molar-refractivity contribution < 1.29 is 0 Å². The van der Waals surface area contributed by atoms with E-state index in [2.05, 4.69) is 50.4 Å². The van der Waals surface area contributed by atoms with Crippen LogP contribution in [0.2, 0.25) is 0 Å². The predicted molar refractivity (Wildman–Crippen MR) is 90.4 cm³/mol. The lowest BCUT2D eigenvalue weighted by atomic mass is 9.92. The van der Waals surface area contributed by atoms with Gasteiger partial charge < -0.3 is 5.32 Å². The highest BCUT2D eigenvalue weighted by atomic mass is 15.3. The molecule has 0 amide bonds. The Balaban J connectivity index is 2.33. The second-order valence-electron chi connectivity index (χ2n) is 5.95. The monoisotopic (exact) mass is 287 g/mol. The molecule has 0 bridgehead atoms. The van der Waals surface area contributed by atoms with Gasteiger partial charge in [0.15, 0.2) is 0 Å². The number of hydrogen-bond acceptors (Lipinski definition) is 2. The van der Waals surface area contributed by atoms with Crippen LogP contribution in [0.5, 0.6) is 0 Å². The summed E-state index contributed by atoms with van der Waals surface area (Å²) < 4.78 is 2.01. The third-order valence-electron chi connectivity index (χ3n) is 4.48. The zero-order valence-electron chi connectivity index (χ0n) is 13.9. The summed E-state index contributed by atoms with van der Waals surface area (Å²) in [5, 5.41) is 9.82. The van der Waals surface area contributed by atoms with Crippen molar-refractivity contribution in [1.82, 2.24) is 15.1 Å². The molecule has 2 aromatic rings. The maximum absolute atomic E-state index is 4.82. The molecule has 116 valence electrons. The van der Waals surface area contributed by atoms with E-state index in [-0.39, 0.29) is 0 Å². The van der Waals surface area contributed by atoms with E-state index in [0.717, 1.165) is 18.9 Å². The van der Waals surface area contributed by atoms with Crippen LogP contribution in [0, 0.1) is 5.92 Å². The third-order valence-corrected chi connectivity index (χ3v) is 4.48. The van der Waals surface area contributed by atoms with Gasteiger partial charge in [-0.15, -0.1) is 0 Å². The van der Waals surface area contributed by atoms with Crippen LogP contribution in [0.15, 0.2) is 24.3 Å². The first-order chi connectivity index (χ1) is 10.2. The Morgan fingerprint density at radius 2 is 1.86 bits per heavy atom. The molecule has 0 saturated carbocycles. The van der Waals surface area contributed by atoms with Gasteiger partial charge in [0.1, 0.15) is 0 Å². The van der Waals surface area contributed by atoms with Crippen molar-refractivity contribution in [3.8, 4) is 0 Å². The summed E-state index contributed by atoms with van der Waals surface area (Å²) in [6, 6.07) is 8.91. The van der Waals surface area contributed by atoms with Crippen LogP contribution >= 0.6 is 0 Å². The Morgan fingerprint density at radius 1 is 1.14 bits per heavy atom. The maximum Gasteiger partial charge on any atom is 0.0872 e. The van der Waals surface area contributed by atoms with Gasteiger partial charge in [0.05, 0.1) is 17.3 Å². The van der Waals surface area contributed by atoms with E-state index >= 15 is 0 Å². The SMILES string of the molecule is CCCNC(CC(CC)CC)c1nn(C)c2ccccc12. The molecule has 0 fully saturated rings. The second-order valence-corrected chi connectivity index (χ2v) is 5.95. The molecule has 3 heteroatoms. The standard InChI is InChI=1S/C18H29N3/c1-5-12-19-16(13-14(6-2)7-3)18-15-10-8-9-11-17(15)21(4)20-18/h8-11,14,16,19H,5-7,12-13H2,1-4H3. The number of nitrogens with zero attached hydrogens (tertiary/aromatic N) is 2. The summed E-state index contributed by atoms with van der Waals surface area (Å²) >= 11 is 0. The first kappa shape index (κ1) is 16.0. The average molecular weight is 287 g/mol. The molecule has 0 spiro atoms. The number of para-hydroxylation sites is 1. The fraction of sp³-hybridized carbons (Fsp3) is 0.611. The van der Waals surface area contributed by atoms with Gasteiger partial charge in [-0.3, -0.25) is 4.68 Å². The van der Waals surface area contributed by atoms with Gasteiger partial charge >= 0.3 is 0 Å². The van der Waals surface area contributed by atoms with Crippen molar-refractivity contribution in [2.45, 2.75) is 52.5 Å². The number of hydrogen-bond donors (Lipinski definition) is 1. The molecule has 1 heterocycles. The van der Waals surface area contributed by atoms with E-state index in [1.165, 1.54) is 35.9 Å². The molecule has 0 aliphatic rings. The van der Waals surface area contributed by atoms with E-state index in [4.69, 9.17) is 5.10 Å². The molecule has 0 aliphatic carbocycles. The largest absolute Gasteiger partial charge is 0.309 e. The quantitative estimate of drug-likeness (QED) is 0.778. The van der Waals surface area contributed by atoms with Crippen molar-refractivity contribution in [2.75, 3.05) is 6.54 Å². The summed E-state index contributed by atoms with van der Waals surface area (Å²) in [6.45, 7) is 7.86. The Kier molecular flexibility index (Phi) is 5.80. The van der Waals surface area contributed by atoms with Crippen molar-refractivity contribution in [3.05, 3.63) is 30.0 Å². The molecular weight excluding hydrogens is 258 g/mol. The van der Waals surface area contributed by atoms with Gasteiger partial charge in [0.25, 0.3) is 0 Å². The minimum absolute atomic E-state index is 0.362. The molecule has 21 heavy (non-hydrogen) atoms. The van der Waals surface area contributed by atoms with Crippen LogP contribution in [0.1, 0.15) is 58.2 Å². The van der Waals surface area contributed by atoms with Crippen molar-refractivity contribution in [2.24, 2.45) is 13.0 Å². The van der Waals surface area contributed by atoms with Crippen LogP contribution in [0.25, 0.3) is 10.9 Å². The molecule has 0 radical (unpaired) electrons. The van der Waals surface area contributed by atoms with E-state index < -0.39 is 0 Å². The molecule has 1 aromatic carbocycles. The van der Waals surface area contributed by atoms with Gasteiger partial charge in [-0.25, -0.2) is 0 Å². The summed E-state index contributed by atoms with van der Waals surface area (Å²) in [6.07, 6.45) is 4.81. The van der Waals surface area contributed by atoms with Gasteiger partial charge in [0, 0.05) is 12.4 Å². The second kappa shape index (κ2) is 7.60. The lowest BCUT2D eigenvalue weighted by molar-refractivity contribution is 0.366. The predicted octanol–water partition coefficient (Wildman–Crippen LogP) is 4.44. The lowest BCUT2D eigenvalue weighted by Crippen LogP contribution is -2.25. The van der Waals surface area contributed by atoms with Gasteiger partial charge in [-0.1, -0.05) is 51.8 Å². The Bertz CT molecular complexity index is 555.